The summed E-state index contributed by atoms with van der Waals surface area (Å²) in [6.45, 7) is 2.29. The number of rotatable bonds is 12. The van der Waals surface area contributed by atoms with Gasteiger partial charge >= 0.3 is 0 Å². The summed E-state index contributed by atoms with van der Waals surface area (Å²) in [6.07, 6.45) is 12.3. The maximum Gasteiger partial charge on any atom is 0.166 e. The lowest BCUT2D eigenvalue weighted by molar-refractivity contribution is 0.575. The van der Waals surface area contributed by atoms with Crippen LogP contribution in [0.25, 0.3) is 0 Å². The van der Waals surface area contributed by atoms with Crippen molar-refractivity contribution in [3.63, 3.8) is 0 Å². The first-order valence-electron chi connectivity index (χ1n) is 11.3. The quantitative estimate of drug-likeness (QED) is 0.210. The van der Waals surface area contributed by atoms with Crippen LogP contribution in [-0.2, 0) is 17.3 Å². The van der Waals surface area contributed by atoms with Crippen molar-refractivity contribution in [3.8, 4) is 0 Å². The molecule has 0 nitrogen and oxygen atoms in total. The molecule has 0 saturated heterocycles. The highest BCUT2D eigenvalue weighted by molar-refractivity contribution is 7.97. The van der Waals surface area contributed by atoms with Crippen LogP contribution in [0, 0.1) is 0 Å². The summed E-state index contributed by atoms with van der Waals surface area (Å²) in [7, 11) is -0.0360. The van der Waals surface area contributed by atoms with Crippen LogP contribution in [0.2, 0.25) is 0 Å². The van der Waals surface area contributed by atoms with E-state index in [0.717, 1.165) is 0 Å². The molecule has 0 spiro atoms. The molecule has 0 aliphatic carbocycles. The summed E-state index contributed by atoms with van der Waals surface area (Å²) in [5.41, 5.74) is 1.48. The zero-order chi connectivity index (χ0) is 20.2. The Morgan fingerprint density at radius 1 is 0.483 bits per heavy atom. The lowest BCUT2D eigenvalue weighted by atomic mass is 10.0. The number of hydrogen-bond acceptors (Lipinski definition) is 0. The van der Waals surface area contributed by atoms with Crippen LogP contribution in [0.5, 0.6) is 0 Å². The lowest BCUT2D eigenvalue weighted by Gasteiger charge is -2.09. The molecule has 1 heteroatoms. The molecule has 0 unspecified atom stereocenters. The van der Waals surface area contributed by atoms with E-state index < -0.39 is 0 Å². The standard InChI is InChI=1S/C28H35S/c1-2-3-4-5-6-7-8-11-16-25-21-23-28(24-22-25)29(26-17-12-9-13-18-26)27-19-14-10-15-20-27/h9-10,12-15,17-24H,2-8,11,16H2,1H3/q+1. The van der Waals surface area contributed by atoms with Crippen LogP contribution in [0.1, 0.15) is 63.9 Å². The Labute approximate surface area is 180 Å². The molecule has 0 N–H and O–H groups in total. The molecule has 152 valence electrons. The van der Waals surface area contributed by atoms with Crippen molar-refractivity contribution in [2.75, 3.05) is 0 Å². The Kier molecular flexibility index (Phi) is 9.39. The Balaban J connectivity index is 1.57. The van der Waals surface area contributed by atoms with E-state index in [1.807, 2.05) is 0 Å². The molecule has 0 fully saturated rings. The highest BCUT2D eigenvalue weighted by Gasteiger charge is 2.27. The van der Waals surface area contributed by atoms with Gasteiger partial charge in [-0.3, -0.25) is 0 Å². The number of hydrogen-bond donors (Lipinski definition) is 0. The second-order valence-electron chi connectivity index (χ2n) is 7.80. The molecule has 3 rings (SSSR count). The summed E-state index contributed by atoms with van der Waals surface area (Å²) in [5, 5.41) is 0. The van der Waals surface area contributed by atoms with Crippen molar-refractivity contribution in [3.05, 3.63) is 90.5 Å². The van der Waals surface area contributed by atoms with Gasteiger partial charge in [-0.1, -0.05) is 100 Å². The minimum atomic E-state index is -0.0360. The third-order valence-electron chi connectivity index (χ3n) is 5.44. The first-order chi connectivity index (χ1) is 14.4. The molecular formula is C28H35S+. The van der Waals surface area contributed by atoms with Gasteiger partial charge in [-0.15, -0.1) is 0 Å². The highest BCUT2D eigenvalue weighted by Crippen LogP contribution is 2.31. The Morgan fingerprint density at radius 3 is 1.45 bits per heavy atom. The van der Waals surface area contributed by atoms with E-state index >= 15 is 0 Å². The molecule has 0 radical (unpaired) electrons. The van der Waals surface area contributed by atoms with Crippen LogP contribution in [0.15, 0.2) is 99.6 Å². The van der Waals surface area contributed by atoms with Gasteiger partial charge < -0.3 is 0 Å². The van der Waals surface area contributed by atoms with E-state index in [-0.39, 0.29) is 10.9 Å². The minimum absolute atomic E-state index is 0.0360. The fourth-order valence-corrected chi connectivity index (χ4v) is 5.86. The van der Waals surface area contributed by atoms with Crippen molar-refractivity contribution in [2.45, 2.75) is 79.4 Å². The number of aryl methyl sites for hydroxylation is 1. The molecule has 29 heavy (non-hydrogen) atoms. The normalized spacial score (nSPS) is 11.1. The third-order valence-corrected chi connectivity index (χ3v) is 7.67. The molecule has 3 aromatic carbocycles. The van der Waals surface area contributed by atoms with Crippen LogP contribution in [0.3, 0.4) is 0 Å². The van der Waals surface area contributed by atoms with E-state index in [2.05, 4.69) is 91.9 Å². The fraction of sp³-hybridized carbons (Fsp3) is 0.357. The maximum absolute atomic E-state index is 2.35. The van der Waals surface area contributed by atoms with Gasteiger partial charge in [0, 0.05) is 0 Å². The molecule has 0 aromatic heterocycles. The first-order valence-corrected chi connectivity index (χ1v) is 12.5. The second kappa shape index (κ2) is 12.5. The molecule has 0 heterocycles. The lowest BCUT2D eigenvalue weighted by Crippen LogP contribution is -2.04. The maximum atomic E-state index is 2.35. The molecule has 0 aliphatic heterocycles. The molecule has 0 amide bonds. The van der Waals surface area contributed by atoms with Crippen molar-refractivity contribution in [2.24, 2.45) is 0 Å². The van der Waals surface area contributed by atoms with Crippen molar-refractivity contribution in [1.82, 2.24) is 0 Å². The molecule has 0 bridgehead atoms. The van der Waals surface area contributed by atoms with Crippen LogP contribution in [0.4, 0.5) is 0 Å². The van der Waals surface area contributed by atoms with Gasteiger partial charge in [0.1, 0.15) is 0 Å². The van der Waals surface area contributed by atoms with Crippen molar-refractivity contribution >= 4 is 10.9 Å². The summed E-state index contributed by atoms with van der Waals surface area (Å²) < 4.78 is 0. The zero-order valence-electron chi connectivity index (χ0n) is 17.9. The predicted octanol–water partition coefficient (Wildman–Crippen LogP) is 8.47. The number of benzene rings is 3. The largest absolute Gasteiger partial charge is 0.166 e. The SMILES string of the molecule is CCCCCCCCCCc1ccc([S+](c2ccccc2)c2ccccc2)cc1. The summed E-state index contributed by atoms with van der Waals surface area (Å²) in [4.78, 5) is 4.17. The van der Waals surface area contributed by atoms with Gasteiger partial charge in [0.05, 0.1) is 10.9 Å². The average Bonchev–Trinajstić information content (AvgIpc) is 2.78. The molecule has 0 atom stereocenters. The van der Waals surface area contributed by atoms with Crippen molar-refractivity contribution in [1.29, 1.82) is 0 Å². The summed E-state index contributed by atoms with van der Waals surface area (Å²) in [6, 6.07) is 31.2. The third kappa shape index (κ3) is 7.08. The van der Waals surface area contributed by atoms with E-state index in [9.17, 15) is 0 Å². The van der Waals surface area contributed by atoms with E-state index in [0.29, 0.717) is 0 Å². The topological polar surface area (TPSA) is 0 Å². The minimum Gasteiger partial charge on any atom is -0.0654 e. The zero-order valence-corrected chi connectivity index (χ0v) is 18.7. The average molecular weight is 404 g/mol. The molecule has 3 aromatic rings. The second-order valence-corrected chi connectivity index (χ2v) is 9.83. The van der Waals surface area contributed by atoms with Crippen molar-refractivity contribution < 1.29 is 0 Å². The predicted molar refractivity (Wildman–Crippen MR) is 128 cm³/mol. The van der Waals surface area contributed by atoms with Crippen LogP contribution < -0.4 is 0 Å². The Hall–Kier alpha value is -1.99. The summed E-state index contributed by atoms with van der Waals surface area (Å²) >= 11 is 0. The van der Waals surface area contributed by atoms with Crippen LogP contribution >= 0.6 is 0 Å². The Bertz CT molecular complexity index is 753. The van der Waals surface area contributed by atoms with Crippen LogP contribution in [-0.4, -0.2) is 0 Å². The smallest absolute Gasteiger partial charge is 0.0654 e. The first kappa shape index (κ1) is 21.7. The fourth-order valence-electron chi connectivity index (χ4n) is 3.78. The van der Waals surface area contributed by atoms with Gasteiger partial charge in [-0.05, 0) is 54.8 Å². The van der Waals surface area contributed by atoms with Gasteiger partial charge in [-0.2, -0.15) is 0 Å². The summed E-state index contributed by atoms with van der Waals surface area (Å²) in [5.74, 6) is 0. The molecular weight excluding hydrogens is 368 g/mol. The number of unbranched alkanes of at least 4 members (excludes halogenated alkanes) is 7. The molecule has 0 aliphatic rings. The monoisotopic (exact) mass is 403 g/mol. The van der Waals surface area contributed by atoms with E-state index in [4.69, 9.17) is 0 Å². The Morgan fingerprint density at radius 2 is 0.931 bits per heavy atom. The highest BCUT2D eigenvalue weighted by atomic mass is 32.2. The van der Waals surface area contributed by atoms with Gasteiger partial charge in [-0.25, -0.2) is 0 Å². The van der Waals surface area contributed by atoms with Gasteiger partial charge in [0.25, 0.3) is 0 Å². The van der Waals surface area contributed by atoms with Gasteiger partial charge in [0.15, 0.2) is 14.7 Å². The molecule has 0 saturated carbocycles. The van der Waals surface area contributed by atoms with Gasteiger partial charge in [0.2, 0.25) is 0 Å². The van der Waals surface area contributed by atoms with E-state index in [1.54, 1.807) is 0 Å². The van der Waals surface area contributed by atoms with E-state index in [1.165, 1.54) is 78.0 Å².